The van der Waals surface area contributed by atoms with E-state index in [2.05, 4.69) is 10.3 Å². The molecule has 3 N–H and O–H groups in total. The lowest BCUT2D eigenvalue weighted by Crippen LogP contribution is -2.26. The summed E-state index contributed by atoms with van der Waals surface area (Å²) in [6.07, 6.45) is 0.647. The van der Waals surface area contributed by atoms with Crippen LogP contribution in [0.1, 0.15) is 27.5 Å². The minimum atomic E-state index is -0.130. The third kappa shape index (κ3) is 3.93. The van der Waals surface area contributed by atoms with Gasteiger partial charge in [0.1, 0.15) is 11.3 Å². The Bertz CT molecular complexity index is 812. The predicted octanol–water partition coefficient (Wildman–Crippen LogP) is 2.99. The van der Waals surface area contributed by atoms with Gasteiger partial charge >= 0.3 is 0 Å². The molecule has 0 bridgehead atoms. The van der Waals surface area contributed by atoms with E-state index in [0.717, 1.165) is 22.4 Å². The molecule has 0 radical (unpaired) electrons. The number of rotatable bonds is 5. The maximum absolute atomic E-state index is 12.2. The number of nitrogens with one attached hydrogen (secondary N) is 1. The van der Waals surface area contributed by atoms with Gasteiger partial charge in [0.25, 0.3) is 5.91 Å². The first-order chi connectivity index (χ1) is 11.2. The molecular formula is C18H20ClN3O2. The van der Waals surface area contributed by atoms with Crippen molar-refractivity contribution in [2.24, 2.45) is 5.73 Å². The number of halogens is 1. The van der Waals surface area contributed by atoms with Gasteiger partial charge in [0.15, 0.2) is 0 Å². The van der Waals surface area contributed by atoms with Crippen molar-refractivity contribution < 1.29 is 9.21 Å². The number of hydrogen-bond acceptors (Lipinski definition) is 4. The second-order valence-electron chi connectivity index (χ2n) is 5.40. The average Bonchev–Trinajstić information content (AvgIpc) is 2.97. The van der Waals surface area contributed by atoms with Gasteiger partial charge in [0.05, 0.1) is 17.0 Å². The van der Waals surface area contributed by atoms with Crippen LogP contribution in [-0.2, 0) is 13.0 Å². The van der Waals surface area contributed by atoms with Crippen molar-refractivity contribution in [3.05, 3.63) is 65.2 Å². The standard InChI is InChI=1S/C18H19N3O2.ClH/c1-12-16(7-6-14(11-19)21-12)18(22)20-9-8-15-10-13-4-2-3-5-17(13)23-15;/h2-7,10H,8-9,11,19H2,1H3,(H,20,22);1H. The summed E-state index contributed by atoms with van der Waals surface area (Å²) < 4.78 is 5.73. The SMILES string of the molecule is Cc1nc(CN)ccc1C(=O)NCCc1cc2ccccc2o1.Cl. The topological polar surface area (TPSA) is 81.1 Å². The second kappa shape index (κ2) is 7.95. The maximum atomic E-state index is 12.2. The molecule has 0 saturated heterocycles. The van der Waals surface area contributed by atoms with Crippen molar-refractivity contribution in [3.8, 4) is 0 Å². The Morgan fingerprint density at radius 3 is 2.75 bits per heavy atom. The Morgan fingerprint density at radius 1 is 1.25 bits per heavy atom. The molecule has 2 heterocycles. The number of hydrogen-bond donors (Lipinski definition) is 2. The van der Waals surface area contributed by atoms with Crippen LogP contribution in [-0.4, -0.2) is 17.4 Å². The molecule has 1 amide bonds. The molecule has 0 spiro atoms. The molecule has 3 rings (SSSR count). The van der Waals surface area contributed by atoms with E-state index < -0.39 is 0 Å². The van der Waals surface area contributed by atoms with Crippen molar-refractivity contribution in [2.75, 3.05) is 6.54 Å². The molecule has 0 unspecified atom stereocenters. The summed E-state index contributed by atoms with van der Waals surface area (Å²) in [7, 11) is 0. The molecule has 3 aromatic rings. The van der Waals surface area contributed by atoms with Gasteiger partial charge in [0, 0.05) is 24.9 Å². The van der Waals surface area contributed by atoms with Crippen molar-refractivity contribution in [2.45, 2.75) is 19.9 Å². The number of para-hydroxylation sites is 1. The number of furan rings is 1. The number of nitrogens with two attached hydrogens (primary N) is 1. The predicted molar refractivity (Wildman–Crippen MR) is 96.4 cm³/mol. The fourth-order valence-electron chi connectivity index (χ4n) is 2.52. The Balaban J connectivity index is 0.00000208. The Kier molecular flexibility index (Phi) is 5.95. The molecule has 1 aromatic carbocycles. The molecule has 2 aromatic heterocycles. The number of benzene rings is 1. The highest BCUT2D eigenvalue weighted by atomic mass is 35.5. The Hall–Kier alpha value is -2.37. The van der Waals surface area contributed by atoms with Crippen molar-refractivity contribution in [3.63, 3.8) is 0 Å². The molecule has 0 aliphatic rings. The number of carbonyl (C=O) groups excluding carboxylic acids is 1. The van der Waals surface area contributed by atoms with Crippen LogP contribution >= 0.6 is 12.4 Å². The Morgan fingerprint density at radius 2 is 2.04 bits per heavy atom. The number of fused-ring (bicyclic) bond motifs is 1. The molecular weight excluding hydrogens is 326 g/mol. The summed E-state index contributed by atoms with van der Waals surface area (Å²) in [4.78, 5) is 16.5. The van der Waals surface area contributed by atoms with Crippen LogP contribution in [0.15, 0.2) is 46.9 Å². The zero-order valence-corrected chi connectivity index (χ0v) is 14.2. The summed E-state index contributed by atoms with van der Waals surface area (Å²) in [6, 6.07) is 13.4. The summed E-state index contributed by atoms with van der Waals surface area (Å²) in [6.45, 7) is 2.69. The molecule has 24 heavy (non-hydrogen) atoms. The maximum Gasteiger partial charge on any atom is 0.253 e. The van der Waals surface area contributed by atoms with E-state index in [1.54, 1.807) is 12.1 Å². The van der Waals surface area contributed by atoms with Gasteiger partial charge < -0.3 is 15.5 Å². The average molecular weight is 346 g/mol. The molecule has 0 fully saturated rings. The monoisotopic (exact) mass is 345 g/mol. The smallest absolute Gasteiger partial charge is 0.253 e. The van der Waals surface area contributed by atoms with Crippen molar-refractivity contribution in [1.29, 1.82) is 0 Å². The number of aryl methyl sites for hydroxylation is 1. The highest BCUT2D eigenvalue weighted by Crippen LogP contribution is 2.18. The quantitative estimate of drug-likeness (QED) is 0.744. The van der Waals surface area contributed by atoms with E-state index in [1.807, 2.05) is 37.3 Å². The lowest BCUT2D eigenvalue weighted by Gasteiger charge is -2.07. The normalized spacial score (nSPS) is 10.4. The van der Waals surface area contributed by atoms with E-state index in [-0.39, 0.29) is 18.3 Å². The molecule has 0 aliphatic heterocycles. The molecule has 5 nitrogen and oxygen atoms in total. The molecule has 0 aliphatic carbocycles. The fourth-order valence-corrected chi connectivity index (χ4v) is 2.52. The molecule has 6 heteroatoms. The van der Waals surface area contributed by atoms with E-state index in [0.29, 0.717) is 30.8 Å². The van der Waals surface area contributed by atoms with Crippen LogP contribution in [0.5, 0.6) is 0 Å². The number of aromatic nitrogens is 1. The van der Waals surface area contributed by atoms with Gasteiger partial charge in [-0.3, -0.25) is 9.78 Å². The van der Waals surface area contributed by atoms with Gasteiger partial charge in [-0.15, -0.1) is 12.4 Å². The van der Waals surface area contributed by atoms with E-state index in [1.165, 1.54) is 0 Å². The van der Waals surface area contributed by atoms with Crippen LogP contribution in [0.4, 0.5) is 0 Å². The Labute approximate surface area is 146 Å². The fraction of sp³-hybridized carbons (Fsp3) is 0.222. The van der Waals surface area contributed by atoms with Gasteiger partial charge in [-0.25, -0.2) is 0 Å². The van der Waals surface area contributed by atoms with Gasteiger partial charge in [0.2, 0.25) is 0 Å². The first-order valence-electron chi connectivity index (χ1n) is 7.59. The first kappa shape index (κ1) is 18.0. The number of pyridine rings is 1. The molecule has 126 valence electrons. The van der Waals surface area contributed by atoms with Crippen LogP contribution in [0.25, 0.3) is 11.0 Å². The molecule has 0 atom stereocenters. The second-order valence-corrected chi connectivity index (χ2v) is 5.40. The zero-order valence-electron chi connectivity index (χ0n) is 13.4. The first-order valence-corrected chi connectivity index (χ1v) is 7.59. The van der Waals surface area contributed by atoms with Crippen molar-refractivity contribution >= 4 is 29.3 Å². The van der Waals surface area contributed by atoms with Gasteiger partial charge in [-0.05, 0) is 31.2 Å². The summed E-state index contributed by atoms with van der Waals surface area (Å²) >= 11 is 0. The minimum absolute atomic E-state index is 0. The van der Waals surface area contributed by atoms with E-state index >= 15 is 0 Å². The van der Waals surface area contributed by atoms with Crippen LogP contribution < -0.4 is 11.1 Å². The summed E-state index contributed by atoms with van der Waals surface area (Å²) in [5.74, 6) is 0.731. The van der Waals surface area contributed by atoms with Gasteiger partial charge in [-0.2, -0.15) is 0 Å². The zero-order chi connectivity index (χ0) is 16.2. The number of carbonyl (C=O) groups is 1. The molecule has 0 saturated carbocycles. The number of amides is 1. The van der Waals surface area contributed by atoms with Crippen LogP contribution in [0.3, 0.4) is 0 Å². The summed E-state index contributed by atoms with van der Waals surface area (Å²) in [5, 5.41) is 3.98. The van der Waals surface area contributed by atoms with Gasteiger partial charge in [-0.1, -0.05) is 18.2 Å². The van der Waals surface area contributed by atoms with E-state index in [4.69, 9.17) is 10.2 Å². The number of nitrogens with zero attached hydrogens (tertiary/aromatic N) is 1. The minimum Gasteiger partial charge on any atom is -0.461 e. The highest BCUT2D eigenvalue weighted by molar-refractivity contribution is 5.95. The van der Waals surface area contributed by atoms with Crippen LogP contribution in [0, 0.1) is 6.92 Å². The third-order valence-corrected chi connectivity index (χ3v) is 3.73. The van der Waals surface area contributed by atoms with Crippen molar-refractivity contribution in [1.82, 2.24) is 10.3 Å². The summed E-state index contributed by atoms with van der Waals surface area (Å²) in [5.41, 5.74) is 8.46. The third-order valence-electron chi connectivity index (χ3n) is 3.73. The highest BCUT2D eigenvalue weighted by Gasteiger charge is 2.10. The van der Waals surface area contributed by atoms with E-state index in [9.17, 15) is 4.79 Å². The largest absolute Gasteiger partial charge is 0.461 e. The van der Waals surface area contributed by atoms with Crippen LogP contribution in [0.2, 0.25) is 0 Å². The lowest BCUT2D eigenvalue weighted by molar-refractivity contribution is 0.0952. The lowest BCUT2D eigenvalue weighted by atomic mass is 10.1.